The van der Waals surface area contributed by atoms with Crippen LogP contribution in [0.1, 0.15) is 17.5 Å². The summed E-state index contributed by atoms with van der Waals surface area (Å²) in [6, 6.07) is 19.9. The van der Waals surface area contributed by atoms with Crippen LogP contribution in [0.2, 0.25) is 5.02 Å². The molecule has 5 rings (SSSR count). The van der Waals surface area contributed by atoms with Crippen molar-refractivity contribution in [1.29, 1.82) is 0 Å². The van der Waals surface area contributed by atoms with Gasteiger partial charge in [-0.3, -0.25) is 0 Å². The first-order valence-electron chi connectivity index (χ1n) is 10.3. The van der Waals surface area contributed by atoms with E-state index in [1.54, 1.807) is 72.8 Å². The smallest absolute Gasteiger partial charge is 0.375 e. The van der Waals surface area contributed by atoms with E-state index < -0.39 is 27.5 Å². The molecule has 1 fully saturated rings. The molecule has 8 heteroatoms. The predicted molar refractivity (Wildman–Crippen MR) is 128 cm³/mol. The zero-order valence-corrected chi connectivity index (χ0v) is 19.0. The molecule has 168 valence electrons. The van der Waals surface area contributed by atoms with Crippen molar-refractivity contribution in [2.24, 2.45) is 0 Å². The molecule has 2 aliphatic heterocycles. The topological polar surface area (TPSA) is 86.8 Å². The van der Waals surface area contributed by atoms with Crippen molar-refractivity contribution >= 4 is 45.2 Å². The van der Waals surface area contributed by atoms with Crippen LogP contribution in [-0.2, 0) is 14.8 Å². The molecule has 0 unspecified atom stereocenters. The molecule has 33 heavy (non-hydrogen) atoms. The average molecular weight is 483 g/mol. The van der Waals surface area contributed by atoms with E-state index in [0.717, 1.165) is 26.3 Å². The number of rotatable bonds is 5. The predicted octanol–water partition coefficient (Wildman–Crippen LogP) is 4.58. The van der Waals surface area contributed by atoms with Crippen molar-refractivity contribution < 1.29 is 27.3 Å². The van der Waals surface area contributed by atoms with Gasteiger partial charge in [0, 0.05) is 23.6 Å². The summed E-state index contributed by atoms with van der Waals surface area (Å²) >= 11 is 5.94. The Labute approximate surface area is 196 Å². The van der Waals surface area contributed by atoms with Gasteiger partial charge in [0.25, 0.3) is 0 Å². The summed E-state index contributed by atoms with van der Waals surface area (Å²) in [4.78, 5) is 0. The van der Waals surface area contributed by atoms with E-state index in [1.165, 1.54) is 0 Å². The van der Waals surface area contributed by atoms with Crippen molar-refractivity contribution in [3.05, 3.63) is 88.9 Å². The standard InChI is InChI=1S/C25H20ClNO5S/c1-27(18-8-6-17(26)7-9-18)33(30,31)22-14-21-23(15-2-10-19(28)11-3-15)24(25(22)32-21)16-4-12-20(29)13-5-16/h2-13,21-22,25H,1,14H2,(H-,28,29)/p+1/t21-,22+,25+/m0/s1. The number of hydrogen-bond acceptors (Lipinski definition) is 5. The Hall–Kier alpha value is -3.13. The Balaban J connectivity index is 1.59. The maximum atomic E-state index is 13.6. The molecule has 2 bridgehead atoms. The molecule has 3 aromatic carbocycles. The molecule has 3 aromatic rings. The number of aromatic hydroxyl groups is 2. The molecule has 0 aliphatic carbocycles. The van der Waals surface area contributed by atoms with E-state index in [-0.39, 0.29) is 17.9 Å². The summed E-state index contributed by atoms with van der Waals surface area (Å²) in [5.41, 5.74) is 3.68. The SMILES string of the molecule is C=[N+](c1ccc(Cl)cc1)S(=O)(=O)[C@@H]1C[C@@H]2O[C@H]1C(c1ccc(O)cc1)=C2c1ccc(O)cc1. The molecular weight excluding hydrogens is 462 g/mol. The second kappa shape index (κ2) is 8.02. The second-order valence-electron chi connectivity index (χ2n) is 8.11. The highest BCUT2D eigenvalue weighted by Crippen LogP contribution is 2.51. The van der Waals surface area contributed by atoms with Crippen LogP contribution in [0.4, 0.5) is 5.69 Å². The van der Waals surface area contributed by atoms with Crippen LogP contribution in [0.5, 0.6) is 11.5 Å². The Morgan fingerprint density at radius 3 is 1.91 bits per heavy atom. The van der Waals surface area contributed by atoms with Gasteiger partial charge in [-0.2, -0.15) is 8.42 Å². The minimum atomic E-state index is -3.87. The van der Waals surface area contributed by atoms with Crippen molar-refractivity contribution in [1.82, 2.24) is 0 Å². The lowest BCUT2D eigenvalue weighted by Crippen LogP contribution is -2.37. The highest BCUT2D eigenvalue weighted by molar-refractivity contribution is 7.86. The third-order valence-corrected chi connectivity index (χ3v) is 8.43. The Morgan fingerprint density at radius 2 is 1.36 bits per heavy atom. The van der Waals surface area contributed by atoms with Gasteiger partial charge < -0.3 is 14.9 Å². The number of nitrogens with zero attached hydrogens (tertiary/aromatic N) is 1. The average Bonchev–Trinajstić information content (AvgIpc) is 3.40. The quantitative estimate of drug-likeness (QED) is 0.410. The molecule has 0 amide bonds. The van der Waals surface area contributed by atoms with Gasteiger partial charge in [0.1, 0.15) is 17.6 Å². The zero-order chi connectivity index (χ0) is 23.3. The third kappa shape index (κ3) is 3.72. The fourth-order valence-electron chi connectivity index (χ4n) is 4.56. The lowest BCUT2D eigenvalue weighted by molar-refractivity contribution is -0.251. The molecule has 2 N–H and O–H groups in total. The van der Waals surface area contributed by atoms with Crippen LogP contribution in [-0.4, -0.2) is 46.8 Å². The van der Waals surface area contributed by atoms with Crippen LogP contribution >= 0.6 is 11.6 Å². The highest BCUT2D eigenvalue weighted by Gasteiger charge is 2.56. The van der Waals surface area contributed by atoms with Crippen molar-refractivity contribution in [2.75, 3.05) is 0 Å². The van der Waals surface area contributed by atoms with Crippen molar-refractivity contribution in [3.63, 3.8) is 0 Å². The Bertz CT molecular complexity index is 1360. The van der Waals surface area contributed by atoms with Gasteiger partial charge in [0.2, 0.25) is 5.69 Å². The lowest BCUT2D eigenvalue weighted by Gasteiger charge is -2.23. The van der Waals surface area contributed by atoms with Crippen molar-refractivity contribution in [3.8, 4) is 11.5 Å². The number of fused-ring (bicyclic) bond motifs is 2. The van der Waals surface area contributed by atoms with E-state index in [0.29, 0.717) is 10.7 Å². The Morgan fingerprint density at radius 1 is 0.848 bits per heavy atom. The molecule has 1 saturated heterocycles. The summed E-state index contributed by atoms with van der Waals surface area (Å²) in [6.45, 7) is 3.80. The minimum absolute atomic E-state index is 0.116. The van der Waals surface area contributed by atoms with Gasteiger partial charge in [0.05, 0.1) is 6.10 Å². The first-order valence-corrected chi connectivity index (χ1v) is 12.2. The highest BCUT2D eigenvalue weighted by atomic mass is 35.5. The molecule has 3 atom stereocenters. The Kier molecular flexibility index (Phi) is 5.28. The molecule has 0 radical (unpaired) electrons. The fourth-order valence-corrected chi connectivity index (χ4v) is 6.36. The number of ether oxygens (including phenoxy) is 1. The first-order chi connectivity index (χ1) is 15.8. The monoisotopic (exact) mass is 482 g/mol. The van der Waals surface area contributed by atoms with E-state index in [4.69, 9.17) is 16.3 Å². The molecule has 2 heterocycles. The molecule has 6 nitrogen and oxygen atoms in total. The molecule has 2 aliphatic rings. The minimum Gasteiger partial charge on any atom is -0.508 e. The summed E-state index contributed by atoms with van der Waals surface area (Å²) < 4.78 is 34.4. The van der Waals surface area contributed by atoms with Gasteiger partial charge in [0.15, 0.2) is 12.0 Å². The number of benzene rings is 3. The molecule has 0 aromatic heterocycles. The summed E-state index contributed by atoms with van der Waals surface area (Å²) in [6.07, 6.45) is -0.851. The molecular formula is C25H21ClNO5S+. The molecule has 0 saturated carbocycles. The number of halogens is 1. The molecule has 0 spiro atoms. The number of phenolic OH excluding ortho intramolecular Hbond substituents is 2. The van der Waals surface area contributed by atoms with Gasteiger partial charge in [-0.1, -0.05) is 39.8 Å². The largest absolute Gasteiger partial charge is 0.508 e. The second-order valence-corrected chi connectivity index (χ2v) is 10.6. The van der Waals surface area contributed by atoms with E-state index in [1.807, 2.05) is 0 Å². The van der Waals surface area contributed by atoms with Crippen molar-refractivity contribution in [2.45, 2.75) is 23.9 Å². The maximum Gasteiger partial charge on any atom is 0.375 e. The van der Waals surface area contributed by atoms with Crippen LogP contribution < -0.4 is 0 Å². The maximum absolute atomic E-state index is 13.6. The van der Waals surface area contributed by atoms with E-state index in [2.05, 4.69) is 6.72 Å². The van der Waals surface area contributed by atoms with Crippen LogP contribution in [0.15, 0.2) is 72.8 Å². The van der Waals surface area contributed by atoms with Gasteiger partial charge in [-0.25, -0.2) is 0 Å². The number of hydrogen-bond donors (Lipinski definition) is 2. The van der Waals surface area contributed by atoms with Gasteiger partial charge in [-0.05, 0) is 58.7 Å². The van der Waals surface area contributed by atoms with E-state index in [9.17, 15) is 18.6 Å². The van der Waals surface area contributed by atoms with Crippen LogP contribution in [0.3, 0.4) is 0 Å². The first kappa shape index (κ1) is 21.7. The van der Waals surface area contributed by atoms with Gasteiger partial charge in [-0.15, -0.1) is 0 Å². The van der Waals surface area contributed by atoms with Crippen LogP contribution in [0.25, 0.3) is 11.1 Å². The summed E-state index contributed by atoms with van der Waals surface area (Å²) in [5.74, 6) is 0.260. The summed E-state index contributed by atoms with van der Waals surface area (Å²) in [7, 11) is -3.87. The zero-order valence-electron chi connectivity index (χ0n) is 17.4. The van der Waals surface area contributed by atoms with E-state index >= 15 is 0 Å². The third-order valence-electron chi connectivity index (χ3n) is 6.15. The number of phenols is 2. The lowest BCUT2D eigenvalue weighted by atomic mass is 9.83. The number of sulfonamides is 1. The summed E-state index contributed by atoms with van der Waals surface area (Å²) in [5, 5.41) is 19.1. The normalized spacial score (nSPS) is 22.0. The fraction of sp³-hybridized carbons (Fsp3) is 0.160. The van der Waals surface area contributed by atoms with Crippen LogP contribution in [0, 0.1) is 0 Å². The van der Waals surface area contributed by atoms with Gasteiger partial charge >= 0.3 is 10.0 Å².